The second kappa shape index (κ2) is 27.2. The number of carbonyl (C=O) groups is 2. The summed E-state index contributed by atoms with van der Waals surface area (Å²) in [7, 11) is 3.19. The van der Waals surface area contributed by atoms with Crippen LogP contribution in [0.25, 0.3) is 0 Å². The number of nitrogens with zero attached hydrogens (tertiary/aromatic N) is 8. The predicted octanol–water partition coefficient (Wildman–Crippen LogP) is -0.454. The molecule has 0 aromatic carbocycles. The van der Waals surface area contributed by atoms with Gasteiger partial charge >= 0.3 is 22.8 Å². The zero-order valence-electron chi connectivity index (χ0n) is 41.9. The van der Waals surface area contributed by atoms with Crippen LogP contribution >= 0.6 is 23.5 Å². The highest BCUT2D eigenvalue weighted by Gasteiger charge is 2.44. The van der Waals surface area contributed by atoms with E-state index in [0.29, 0.717) is 26.2 Å². The van der Waals surface area contributed by atoms with E-state index in [4.69, 9.17) is 39.9 Å². The number of nitrogen functional groups attached to an aromatic ring is 2. The van der Waals surface area contributed by atoms with Gasteiger partial charge in [-0.3, -0.25) is 27.9 Å². The van der Waals surface area contributed by atoms with Crippen LogP contribution in [0.4, 0.5) is 23.3 Å². The molecule has 0 bridgehead atoms. The maximum absolute atomic E-state index is 12.0. The van der Waals surface area contributed by atoms with Gasteiger partial charge in [-0.05, 0) is 39.3 Å². The van der Waals surface area contributed by atoms with Crippen molar-refractivity contribution in [1.82, 2.24) is 38.2 Å². The minimum atomic E-state index is -1.21. The number of aromatic nitrogens is 8. The van der Waals surface area contributed by atoms with Crippen molar-refractivity contribution in [3.8, 4) is 0 Å². The Morgan fingerprint density at radius 2 is 1.15 bits per heavy atom. The number of anilines is 4. The van der Waals surface area contributed by atoms with Crippen LogP contribution in [0.3, 0.4) is 0 Å². The number of aryl methyl sites for hydroxylation is 2. The molecule has 8 rings (SSSR count). The summed E-state index contributed by atoms with van der Waals surface area (Å²) in [5, 5.41) is 44.0. The van der Waals surface area contributed by atoms with E-state index in [-0.39, 0.29) is 81.1 Å². The van der Waals surface area contributed by atoms with Gasteiger partial charge in [-0.1, -0.05) is 32.5 Å². The molecule has 0 radical (unpaired) electrons. The molecule has 12 atom stereocenters. The summed E-state index contributed by atoms with van der Waals surface area (Å²) in [6.07, 6.45) is -0.387. The Morgan fingerprint density at radius 1 is 0.689 bits per heavy atom. The normalized spacial score (nSPS) is 27.0. The lowest BCUT2D eigenvalue weighted by molar-refractivity contribution is -0.116. The number of thioether (sulfide) groups is 2. The molecule has 4 aromatic rings. The highest BCUT2D eigenvalue weighted by atomic mass is 32.2. The first-order valence-corrected chi connectivity index (χ1v) is 25.1. The van der Waals surface area contributed by atoms with Gasteiger partial charge in [0.1, 0.15) is 63.9 Å². The molecular formula is C44H64N12O16S2. The number of amides is 2. The molecular weight excluding hydrogens is 1020 g/mol. The van der Waals surface area contributed by atoms with Gasteiger partial charge in [0.25, 0.3) is 0 Å². The van der Waals surface area contributed by atoms with Crippen molar-refractivity contribution < 1.29 is 58.4 Å². The Kier molecular flexibility index (Phi) is 21.8. The number of nitrogens with one attached hydrogen (secondary N) is 2. The predicted molar refractivity (Wildman–Crippen MR) is 270 cm³/mol. The Morgan fingerprint density at radius 3 is 1.55 bits per heavy atom. The van der Waals surface area contributed by atoms with E-state index < -0.39 is 60.5 Å². The third-order valence-corrected chi connectivity index (χ3v) is 13.9. The molecule has 4 unspecified atom stereocenters. The van der Waals surface area contributed by atoms with E-state index in [9.17, 15) is 49.2 Å². The number of hydrogen-bond donors (Lipinski definition) is 8. The molecule has 0 saturated carbocycles. The summed E-state index contributed by atoms with van der Waals surface area (Å²) in [5.74, 6) is 0.327. The van der Waals surface area contributed by atoms with Gasteiger partial charge < -0.3 is 70.9 Å². The van der Waals surface area contributed by atoms with Gasteiger partial charge in [0.05, 0.1) is 32.0 Å². The van der Waals surface area contributed by atoms with Gasteiger partial charge in [-0.15, -0.1) is 11.8 Å². The molecule has 4 fully saturated rings. The molecule has 28 nitrogen and oxygen atoms in total. The minimum Gasteiger partial charge on any atom is -0.388 e. The summed E-state index contributed by atoms with van der Waals surface area (Å²) in [6.45, 7) is 11.8. The number of rotatable bonds is 12. The summed E-state index contributed by atoms with van der Waals surface area (Å²) in [6, 6.07) is 2.87. The van der Waals surface area contributed by atoms with Crippen molar-refractivity contribution in [2.24, 2.45) is 0 Å². The first-order chi connectivity index (χ1) is 35.1. The average molecular weight is 1080 g/mol. The lowest BCUT2D eigenvalue weighted by atomic mass is 10.1. The zero-order chi connectivity index (χ0) is 54.6. The summed E-state index contributed by atoms with van der Waals surface area (Å²) in [4.78, 5) is 84.6. The summed E-state index contributed by atoms with van der Waals surface area (Å²) >= 11 is 2.98. The molecule has 0 aliphatic carbocycles. The molecule has 4 aromatic heterocycles. The van der Waals surface area contributed by atoms with Crippen LogP contribution in [-0.4, -0.2) is 152 Å². The monoisotopic (exact) mass is 1080 g/mol. The third-order valence-electron chi connectivity index (χ3n) is 11.4. The number of ether oxygens (including phenoxy) is 6. The average Bonchev–Trinajstić information content (AvgIpc) is 4.17. The Balaban J connectivity index is 0.000000184. The first kappa shape index (κ1) is 59.2. The van der Waals surface area contributed by atoms with Crippen molar-refractivity contribution in [3.63, 3.8) is 0 Å². The SMILES string of the molecule is CCC(=O)Nc1ccn([C@@H]2O[C@H](C)[C@@H](O)[C@@H]2O)c(=O)n1.CCC(=O)Nc1ccn([C@@H]2O[C@H](CC)[C@@H](O)[C@@H]2O)c(=O)n1.COC1OCC(n2cc(C)c(N)nc2=O)S1.COCC1OCC(n2cc(C)c(N)nc2=O)S1. The number of hydrogen-bond acceptors (Lipinski definition) is 24. The van der Waals surface area contributed by atoms with E-state index in [0.717, 1.165) is 20.3 Å². The maximum atomic E-state index is 12.0. The molecule has 4 aliphatic heterocycles. The van der Waals surface area contributed by atoms with E-state index in [1.807, 2.05) is 20.8 Å². The number of carbonyl (C=O) groups excluding carboxylic acids is 2. The van der Waals surface area contributed by atoms with Crippen LogP contribution in [0.15, 0.2) is 56.1 Å². The van der Waals surface area contributed by atoms with E-state index in [1.165, 1.54) is 40.9 Å². The fourth-order valence-electron chi connectivity index (χ4n) is 7.19. The number of methoxy groups -OCH3 is 2. The van der Waals surface area contributed by atoms with E-state index >= 15 is 0 Å². The number of aliphatic hydroxyl groups excluding tert-OH is 4. The Labute approximate surface area is 431 Å². The van der Waals surface area contributed by atoms with Gasteiger partial charge in [0.15, 0.2) is 12.5 Å². The molecule has 10 N–H and O–H groups in total. The van der Waals surface area contributed by atoms with Gasteiger partial charge in [0, 0.05) is 63.0 Å². The fourth-order valence-corrected chi connectivity index (χ4v) is 9.31. The largest absolute Gasteiger partial charge is 0.388 e. The Bertz CT molecular complexity index is 2780. The van der Waals surface area contributed by atoms with E-state index in [2.05, 4.69) is 30.6 Å². The standard InChI is InChI=1S/C13H19N3O5.C12H17N3O5.C10H15N3O3S.C9H13N3O3S/c1-3-7-10(18)11(19)12(21-7)16-6-5-8(15-13(16)20)14-9(17)4-2;1-3-8(16)13-7-4-5-15(12(19)14-7)11-10(18)9(17)6(2)20-11;1-6-3-13(10(14)12-9(6)11)7-4-16-8(17-7)5-15-2;1-5-3-12(8(13)11-7(5)10)6-4-15-9(14-2)16-6/h5-7,10-12,18-19H,3-4H2,1-2H3,(H,14,15,17,20);4-6,9-11,17-18H,3H2,1-2H3,(H,13,14,16,19);3,7-8H,4-5H2,1-2H3,(H2,11,12,14);3,6,9H,4H2,1-2H3,(H2,10,11,13)/t7-,10-,11+,12-;6-,9-,10+,11-;;/m11../s1. The van der Waals surface area contributed by atoms with Crippen LogP contribution < -0.4 is 44.9 Å². The number of aliphatic hydroxyl groups is 4. The van der Waals surface area contributed by atoms with Crippen molar-refractivity contribution in [1.29, 1.82) is 0 Å². The fraction of sp³-hybridized carbons (Fsp3) is 0.591. The lowest BCUT2D eigenvalue weighted by Crippen LogP contribution is -2.35. The quantitative estimate of drug-likeness (QED) is 0.0890. The van der Waals surface area contributed by atoms with Crippen molar-refractivity contribution in [3.05, 3.63) is 90.0 Å². The minimum absolute atomic E-state index is 0.0326. The smallest absolute Gasteiger partial charge is 0.351 e. The molecule has 8 heterocycles. The molecule has 408 valence electrons. The Hall–Kier alpha value is -5.64. The van der Waals surface area contributed by atoms with E-state index in [1.54, 1.807) is 63.7 Å². The van der Waals surface area contributed by atoms with Gasteiger partial charge in [-0.2, -0.15) is 19.9 Å². The maximum Gasteiger partial charge on any atom is 0.351 e. The second-order valence-electron chi connectivity index (χ2n) is 16.7. The van der Waals surface area contributed by atoms with Crippen LogP contribution in [-0.2, 0) is 38.0 Å². The molecule has 0 spiro atoms. The molecule has 74 heavy (non-hydrogen) atoms. The first-order valence-electron chi connectivity index (χ1n) is 23.2. The van der Waals surface area contributed by atoms with Crippen LogP contribution in [0.2, 0.25) is 0 Å². The molecule has 30 heteroatoms. The van der Waals surface area contributed by atoms with Crippen LogP contribution in [0.1, 0.15) is 81.3 Å². The van der Waals surface area contributed by atoms with Crippen molar-refractivity contribution in [2.75, 3.05) is 56.1 Å². The highest BCUT2D eigenvalue weighted by molar-refractivity contribution is 8.00. The van der Waals surface area contributed by atoms with Crippen molar-refractivity contribution >= 4 is 58.6 Å². The lowest BCUT2D eigenvalue weighted by Gasteiger charge is -2.17. The molecule has 2 amide bonds. The zero-order valence-corrected chi connectivity index (χ0v) is 43.5. The van der Waals surface area contributed by atoms with Gasteiger partial charge in [-0.25, -0.2) is 19.2 Å². The molecule has 4 aliphatic rings. The van der Waals surface area contributed by atoms with Crippen LogP contribution in [0, 0.1) is 13.8 Å². The van der Waals surface area contributed by atoms with Crippen LogP contribution in [0.5, 0.6) is 0 Å². The third kappa shape index (κ3) is 15.0. The number of nitrogens with two attached hydrogens (primary N) is 2. The summed E-state index contributed by atoms with van der Waals surface area (Å²) < 4.78 is 37.0. The molecule has 4 saturated heterocycles. The highest BCUT2D eigenvalue weighted by Crippen LogP contribution is 2.36. The second-order valence-corrected chi connectivity index (χ2v) is 19.3. The van der Waals surface area contributed by atoms with Crippen molar-refractivity contribution in [2.45, 2.75) is 132 Å². The summed E-state index contributed by atoms with van der Waals surface area (Å²) in [5.41, 5.74) is 10.3. The van der Waals surface area contributed by atoms with Gasteiger partial charge in [0.2, 0.25) is 17.4 Å². The topological polar surface area (TPSA) is 386 Å².